The first-order valence-electron chi connectivity index (χ1n) is 6.34. The van der Waals surface area contributed by atoms with E-state index in [0.717, 1.165) is 0 Å². The summed E-state index contributed by atoms with van der Waals surface area (Å²) >= 11 is 9.08. The molecular weight excluding hydrogens is 402 g/mol. The molecule has 0 atom stereocenters. The van der Waals surface area contributed by atoms with Crippen molar-refractivity contribution in [2.24, 2.45) is 0 Å². The van der Waals surface area contributed by atoms with Crippen molar-refractivity contribution in [3.63, 3.8) is 0 Å². The summed E-state index contributed by atoms with van der Waals surface area (Å²) in [7, 11) is -2.37. The number of nitrogens with zero attached hydrogens (tertiary/aromatic N) is 1. The molecule has 0 unspecified atom stereocenters. The zero-order valence-corrected chi connectivity index (χ0v) is 15.1. The summed E-state index contributed by atoms with van der Waals surface area (Å²) in [6.07, 6.45) is 1.31. The van der Waals surface area contributed by atoms with E-state index in [1.165, 1.54) is 37.5 Å². The molecule has 0 amide bonds. The smallest absolute Gasteiger partial charge is 0.216 e. The third-order valence-electron chi connectivity index (χ3n) is 3.00. The van der Waals surface area contributed by atoms with Gasteiger partial charge < -0.3 is 4.74 Å². The number of sulfone groups is 1. The van der Waals surface area contributed by atoms with E-state index in [0.29, 0.717) is 20.8 Å². The second kappa shape index (κ2) is 7.18. The molecule has 118 valence electrons. The average Bonchev–Trinajstić information content (AvgIpc) is 2.53. The molecular formula is C16H11BrClNO3S. The summed E-state index contributed by atoms with van der Waals surface area (Å²) in [6, 6.07) is 12.4. The van der Waals surface area contributed by atoms with E-state index in [2.05, 4.69) is 15.9 Å². The third-order valence-corrected chi connectivity index (χ3v) is 5.55. The van der Waals surface area contributed by atoms with Crippen LogP contribution in [-0.2, 0) is 9.84 Å². The number of nitriles is 1. The van der Waals surface area contributed by atoms with Crippen molar-refractivity contribution >= 4 is 43.4 Å². The van der Waals surface area contributed by atoms with Crippen molar-refractivity contribution in [2.45, 2.75) is 4.90 Å². The second-order valence-electron chi connectivity index (χ2n) is 4.47. The summed E-state index contributed by atoms with van der Waals surface area (Å²) in [5, 5.41) is 9.67. The first-order valence-corrected chi connectivity index (χ1v) is 9.00. The Balaban J connectivity index is 2.48. The maximum atomic E-state index is 12.5. The quantitative estimate of drug-likeness (QED) is 0.696. The van der Waals surface area contributed by atoms with E-state index in [1.54, 1.807) is 24.3 Å². The molecule has 0 aliphatic carbocycles. The fourth-order valence-electron chi connectivity index (χ4n) is 1.83. The maximum Gasteiger partial charge on any atom is 0.216 e. The SMILES string of the molecule is COc1ccc(/C=C(\C#N)S(=O)(=O)c2ccc(Cl)cc2)cc1Br. The Hall–Kier alpha value is -1.81. The van der Waals surface area contributed by atoms with Crippen LogP contribution in [0.25, 0.3) is 6.08 Å². The lowest BCUT2D eigenvalue weighted by atomic mass is 10.2. The minimum atomic E-state index is -3.90. The van der Waals surface area contributed by atoms with E-state index < -0.39 is 9.84 Å². The minimum Gasteiger partial charge on any atom is -0.496 e. The largest absolute Gasteiger partial charge is 0.496 e. The van der Waals surface area contributed by atoms with Crippen LogP contribution in [-0.4, -0.2) is 15.5 Å². The van der Waals surface area contributed by atoms with E-state index in [9.17, 15) is 13.7 Å². The van der Waals surface area contributed by atoms with Crippen molar-refractivity contribution in [1.82, 2.24) is 0 Å². The van der Waals surface area contributed by atoms with E-state index in [-0.39, 0.29) is 9.80 Å². The fraction of sp³-hybridized carbons (Fsp3) is 0.0625. The van der Waals surface area contributed by atoms with E-state index >= 15 is 0 Å². The Morgan fingerprint density at radius 3 is 2.43 bits per heavy atom. The van der Waals surface area contributed by atoms with Gasteiger partial charge in [-0.1, -0.05) is 17.7 Å². The third kappa shape index (κ3) is 3.94. The molecule has 0 saturated carbocycles. The van der Waals surface area contributed by atoms with Crippen LogP contribution in [0.4, 0.5) is 0 Å². The summed E-state index contributed by atoms with van der Waals surface area (Å²) in [5.74, 6) is 0.612. The molecule has 0 heterocycles. The monoisotopic (exact) mass is 411 g/mol. The van der Waals surface area contributed by atoms with Crippen LogP contribution in [0.3, 0.4) is 0 Å². The topological polar surface area (TPSA) is 67.2 Å². The van der Waals surface area contributed by atoms with Crippen molar-refractivity contribution in [3.05, 3.63) is 62.4 Å². The zero-order valence-electron chi connectivity index (χ0n) is 12.0. The normalized spacial score (nSPS) is 11.8. The molecule has 2 aromatic carbocycles. The maximum absolute atomic E-state index is 12.5. The highest BCUT2D eigenvalue weighted by atomic mass is 79.9. The van der Waals surface area contributed by atoms with Crippen LogP contribution in [0, 0.1) is 11.3 Å². The number of allylic oxidation sites excluding steroid dienone is 1. The average molecular weight is 413 g/mol. The van der Waals surface area contributed by atoms with Crippen LogP contribution in [0.15, 0.2) is 56.7 Å². The first kappa shape index (κ1) is 17.5. The highest BCUT2D eigenvalue weighted by Crippen LogP contribution is 2.28. The van der Waals surface area contributed by atoms with Crippen molar-refractivity contribution in [2.75, 3.05) is 7.11 Å². The molecule has 23 heavy (non-hydrogen) atoms. The Kier molecular flexibility index (Phi) is 5.47. The van der Waals surface area contributed by atoms with Gasteiger partial charge in [-0.05, 0) is 64.0 Å². The van der Waals surface area contributed by atoms with Crippen LogP contribution in [0.1, 0.15) is 5.56 Å². The summed E-state index contributed by atoms with van der Waals surface area (Å²) in [6.45, 7) is 0. The molecule has 0 bridgehead atoms. The number of halogens is 2. The molecule has 7 heteroatoms. The van der Waals surface area contributed by atoms with Crippen LogP contribution >= 0.6 is 27.5 Å². The fourth-order valence-corrected chi connectivity index (χ4v) is 3.68. The van der Waals surface area contributed by atoms with Gasteiger partial charge in [0.05, 0.1) is 16.5 Å². The Labute approximate surface area is 148 Å². The molecule has 2 aromatic rings. The summed E-state index contributed by atoms with van der Waals surface area (Å²) in [4.78, 5) is -0.334. The van der Waals surface area contributed by atoms with Gasteiger partial charge in [0.25, 0.3) is 0 Å². The minimum absolute atomic E-state index is 0.0160. The molecule has 4 nitrogen and oxygen atoms in total. The summed E-state index contributed by atoms with van der Waals surface area (Å²) in [5.41, 5.74) is 0.562. The first-order chi connectivity index (χ1) is 10.9. The number of hydrogen-bond acceptors (Lipinski definition) is 4. The Morgan fingerprint density at radius 2 is 1.91 bits per heavy atom. The van der Waals surface area contributed by atoms with Gasteiger partial charge in [0, 0.05) is 5.02 Å². The highest BCUT2D eigenvalue weighted by Gasteiger charge is 2.20. The molecule has 0 aromatic heterocycles. The van der Waals surface area contributed by atoms with Gasteiger partial charge in [0.1, 0.15) is 16.7 Å². The highest BCUT2D eigenvalue weighted by molar-refractivity contribution is 9.10. The molecule has 0 saturated heterocycles. The molecule has 0 aliphatic heterocycles. The Bertz CT molecular complexity index is 900. The predicted molar refractivity (Wildman–Crippen MR) is 92.9 cm³/mol. The lowest BCUT2D eigenvalue weighted by Crippen LogP contribution is -2.03. The van der Waals surface area contributed by atoms with Gasteiger partial charge in [0.15, 0.2) is 0 Å². The van der Waals surface area contributed by atoms with E-state index in [4.69, 9.17) is 16.3 Å². The number of methoxy groups -OCH3 is 1. The van der Waals surface area contributed by atoms with Crippen LogP contribution in [0.5, 0.6) is 5.75 Å². The number of rotatable bonds is 4. The molecule has 0 N–H and O–H groups in total. The van der Waals surface area contributed by atoms with Crippen molar-refractivity contribution in [1.29, 1.82) is 5.26 Å². The zero-order chi connectivity index (χ0) is 17.0. The number of benzene rings is 2. The lowest BCUT2D eigenvalue weighted by Gasteiger charge is -2.05. The van der Waals surface area contributed by atoms with Gasteiger partial charge in [-0.25, -0.2) is 8.42 Å². The molecule has 0 radical (unpaired) electrons. The second-order valence-corrected chi connectivity index (χ2v) is 7.68. The standard InChI is InChI=1S/C16H11BrClNO3S/c1-22-16-7-2-11(9-15(16)17)8-14(10-19)23(20,21)13-5-3-12(18)4-6-13/h2-9H,1H3/b14-8+. The summed E-state index contributed by atoms with van der Waals surface area (Å²) < 4.78 is 30.8. The number of hydrogen-bond donors (Lipinski definition) is 0. The number of ether oxygens (including phenoxy) is 1. The molecule has 0 aliphatic rings. The van der Waals surface area contributed by atoms with Crippen molar-refractivity contribution < 1.29 is 13.2 Å². The van der Waals surface area contributed by atoms with Gasteiger partial charge in [-0.2, -0.15) is 5.26 Å². The Morgan fingerprint density at radius 1 is 1.26 bits per heavy atom. The van der Waals surface area contributed by atoms with Gasteiger partial charge >= 0.3 is 0 Å². The van der Waals surface area contributed by atoms with Gasteiger partial charge in [-0.15, -0.1) is 0 Å². The lowest BCUT2D eigenvalue weighted by molar-refractivity contribution is 0.412. The molecule has 0 spiro atoms. The molecule has 2 rings (SSSR count). The van der Waals surface area contributed by atoms with Crippen molar-refractivity contribution in [3.8, 4) is 11.8 Å². The van der Waals surface area contributed by atoms with Crippen LogP contribution < -0.4 is 4.74 Å². The molecule has 0 fully saturated rings. The van der Waals surface area contributed by atoms with Crippen LogP contribution in [0.2, 0.25) is 5.02 Å². The van der Waals surface area contributed by atoms with Gasteiger partial charge in [0.2, 0.25) is 9.84 Å². The van der Waals surface area contributed by atoms with Gasteiger partial charge in [-0.3, -0.25) is 0 Å². The van der Waals surface area contributed by atoms with E-state index in [1.807, 2.05) is 0 Å². The predicted octanol–water partition coefficient (Wildman–Crippen LogP) is 4.45.